The van der Waals surface area contributed by atoms with Crippen molar-refractivity contribution in [2.75, 3.05) is 97.0 Å². The summed E-state index contributed by atoms with van der Waals surface area (Å²) in [5, 5.41) is 9.99. The molecule has 0 saturated heterocycles. The number of rotatable bonds is 8. The fourth-order valence-electron chi connectivity index (χ4n) is 1.62. The van der Waals surface area contributed by atoms with Gasteiger partial charge < -0.3 is 29.9 Å². The first-order chi connectivity index (χ1) is 14.7. The third kappa shape index (κ3) is 60.3. The highest BCUT2D eigenvalue weighted by molar-refractivity contribution is 5.83. The molecule has 3 amide bonds. The maximum atomic E-state index is 11.5. The number of hydrogen-bond acceptors (Lipinski definition) is 9. The molecule has 0 radical (unpaired) electrons. The van der Waals surface area contributed by atoms with Crippen LogP contribution in [0, 0.1) is 0 Å². The molecule has 0 aromatic rings. The highest BCUT2D eigenvalue weighted by Crippen LogP contribution is 1.91. The van der Waals surface area contributed by atoms with Crippen LogP contribution in [0.25, 0.3) is 0 Å². The van der Waals surface area contributed by atoms with Crippen LogP contribution in [-0.4, -0.2) is 150 Å². The van der Waals surface area contributed by atoms with Gasteiger partial charge in [0.05, 0.1) is 20.3 Å². The van der Waals surface area contributed by atoms with Gasteiger partial charge in [-0.05, 0) is 35.2 Å². The second kappa shape index (κ2) is 49.6. The number of ether oxygens (including phenoxy) is 1. The van der Waals surface area contributed by atoms with Gasteiger partial charge in [0.2, 0.25) is 17.7 Å². The van der Waals surface area contributed by atoms with Crippen LogP contribution >= 0.6 is 0 Å². The molecule has 40 heavy (non-hydrogen) atoms. The van der Waals surface area contributed by atoms with Gasteiger partial charge in [0, 0.05) is 48.8 Å². The van der Waals surface area contributed by atoms with Gasteiger partial charge in [0.1, 0.15) is 6.54 Å². The normalized spacial score (nSPS) is 7.38. The van der Waals surface area contributed by atoms with Crippen LogP contribution in [0.4, 0.5) is 0 Å². The second-order valence-corrected chi connectivity index (χ2v) is 7.23. The Balaban J connectivity index is -0.0000000273. The van der Waals surface area contributed by atoms with Crippen molar-refractivity contribution >= 4 is 23.7 Å². The first kappa shape index (κ1) is 76.9. The molecular formula is C28H78N6O6. The maximum Gasteiger partial charge on any atom is 0.325 e. The largest absolute Gasteiger partial charge is 0.468 e. The molecule has 0 aliphatic heterocycles. The van der Waals surface area contributed by atoms with E-state index >= 15 is 0 Å². The molecule has 0 fully saturated rings. The molecule has 0 saturated carbocycles. The van der Waals surface area contributed by atoms with E-state index < -0.39 is 5.97 Å². The molecule has 0 aromatic heterocycles. The molecule has 12 nitrogen and oxygen atoms in total. The Kier molecular flexibility index (Phi) is 95.4. The number of methoxy groups -OCH3 is 1. The number of likely N-dealkylation sites (N-methyl/N-ethyl adjacent to an activating group) is 3. The number of aliphatic hydroxyl groups excluding tert-OH is 1. The minimum absolute atomic E-state index is 0. The third-order valence-electron chi connectivity index (χ3n) is 3.44. The topological polar surface area (TPSA) is 126 Å². The quantitative estimate of drug-likeness (QED) is 0.321. The van der Waals surface area contributed by atoms with Crippen molar-refractivity contribution in [1.29, 1.82) is 0 Å². The van der Waals surface area contributed by atoms with Crippen molar-refractivity contribution in [2.45, 2.75) is 73.3 Å². The third-order valence-corrected chi connectivity index (χ3v) is 3.44. The molecule has 0 rings (SSSR count). The minimum Gasteiger partial charge on any atom is -0.468 e. The smallest absolute Gasteiger partial charge is 0.325 e. The van der Waals surface area contributed by atoms with Gasteiger partial charge in [-0.1, -0.05) is 59.4 Å². The Morgan fingerprint density at radius 2 is 0.950 bits per heavy atom. The monoisotopic (exact) mass is 595 g/mol. The van der Waals surface area contributed by atoms with Crippen LogP contribution in [0.5, 0.6) is 0 Å². The molecule has 0 atom stereocenters. The SMILES string of the molecule is C.C.C.C.C.C.C.C.CC(=O)N(C)CC(=O)N(C)CN(C)C.CNCN(C)C.CO.COC(=O)CN(C)C(C)=O. The van der Waals surface area contributed by atoms with E-state index in [4.69, 9.17) is 5.11 Å². The van der Waals surface area contributed by atoms with Crippen LogP contribution in [0.3, 0.4) is 0 Å². The Morgan fingerprint density at radius 3 is 1.15 bits per heavy atom. The van der Waals surface area contributed by atoms with Crippen LogP contribution in [0.1, 0.15) is 73.3 Å². The average Bonchev–Trinajstić information content (AvgIpc) is 2.69. The van der Waals surface area contributed by atoms with E-state index in [1.807, 2.05) is 40.1 Å². The fourth-order valence-corrected chi connectivity index (χ4v) is 1.62. The van der Waals surface area contributed by atoms with Crippen molar-refractivity contribution in [3.8, 4) is 0 Å². The number of hydrogen-bond donors (Lipinski definition) is 2. The molecule has 0 spiro atoms. The minimum atomic E-state index is -0.405. The van der Waals surface area contributed by atoms with Crippen molar-refractivity contribution in [3.05, 3.63) is 0 Å². The second-order valence-electron chi connectivity index (χ2n) is 7.23. The number of aliphatic hydroxyl groups is 1. The van der Waals surface area contributed by atoms with Crippen molar-refractivity contribution < 1.29 is 29.0 Å². The van der Waals surface area contributed by atoms with Crippen molar-refractivity contribution in [2.24, 2.45) is 0 Å². The Labute approximate surface area is 253 Å². The van der Waals surface area contributed by atoms with Crippen molar-refractivity contribution in [1.82, 2.24) is 29.8 Å². The van der Waals surface area contributed by atoms with Gasteiger partial charge in [0.15, 0.2) is 0 Å². The van der Waals surface area contributed by atoms with Crippen LogP contribution in [0.2, 0.25) is 0 Å². The van der Waals surface area contributed by atoms with Gasteiger partial charge in [-0.25, -0.2) is 0 Å². The number of carbonyl (C=O) groups excluding carboxylic acids is 4. The summed E-state index contributed by atoms with van der Waals surface area (Å²) in [6, 6.07) is 0. The molecule has 0 aliphatic carbocycles. The average molecular weight is 595 g/mol. The zero-order chi connectivity index (χ0) is 26.4. The number of esters is 1. The van der Waals surface area contributed by atoms with Gasteiger partial charge in [-0.15, -0.1) is 0 Å². The summed E-state index contributed by atoms with van der Waals surface area (Å²) in [6.07, 6.45) is 0. The summed E-state index contributed by atoms with van der Waals surface area (Å²) in [6.45, 7) is 4.51. The lowest BCUT2D eigenvalue weighted by Crippen LogP contribution is -2.42. The molecule has 0 heterocycles. The number of carbonyl (C=O) groups is 4. The van der Waals surface area contributed by atoms with Crippen molar-refractivity contribution in [3.63, 3.8) is 0 Å². The molecule has 0 aliphatic rings. The van der Waals surface area contributed by atoms with Crippen LogP contribution in [-0.2, 0) is 23.9 Å². The molecule has 256 valence electrons. The first-order valence-electron chi connectivity index (χ1n) is 9.82. The highest BCUT2D eigenvalue weighted by atomic mass is 16.5. The van der Waals surface area contributed by atoms with E-state index in [-0.39, 0.29) is 90.2 Å². The summed E-state index contributed by atoms with van der Waals surface area (Å²) in [7, 11) is 16.9. The Morgan fingerprint density at radius 1 is 0.625 bits per heavy atom. The summed E-state index contributed by atoms with van der Waals surface area (Å²) < 4.78 is 4.34. The Bertz CT molecular complexity index is 522. The lowest BCUT2D eigenvalue weighted by Gasteiger charge is -2.23. The first-order valence-corrected chi connectivity index (χ1v) is 9.82. The number of nitrogens with zero attached hydrogens (tertiary/aromatic N) is 5. The van der Waals surface area contributed by atoms with Gasteiger partial charge in [-0.3, -0.25) is 29.0 Å². The van der Waals surface area contributed by atoms with E-state index in [0.717, 1.165) is 13.8 Å². The molecule has 0 bridgehead atoms. The predicted molar refractivity (Wildman–Crippen MR) is 180 cm³/mol. The zero-order valence-electron chi connectivity index (χ0n) is 22.1. The summed E-state index contributed by atoms with van der Waals surface area (Å²) in [5.41, 5.74) is 0. The number of nitrogens with one attached hydrogen (secondary N) is 1. The molecule has 0 unspecified atom stereocenters. The highest BCUT2D eigenvalue weighted by Gasteiger charge is 2.13. The van der Waals surface area contributed by atoms with E-state index in [0.29, 0.717) is 6.67 Å². The summed E-state index contributed by atoms with van der Waals surface area (Å²) in [5.74, 6) is -0.712. The molecule has 2 N–H and O–H groups in total. The molecule has 12 heteroatoms. The standard InChI is InChI=1S/C9H19N3O2.C6H11NO3.C4H12N2.CH4O.8CH4/c1-8(13)11(4)6-9(14)12(5)7-10(2)3;1-5(8)7(2)4-6(9)10-3;1-5-4-6(2)3;1-2;;;;;;;;/h6-7H2,1-5H3;4H2,1-3H3;5H,4H2,1-3H3;2H,1H3;8*1H4. The lowest BCUT2D eigenvalue weighted by molar-refractivity contribution is -0.145. The van der Waals surface area contributed by atoms with Gasteiger partial charge in [0.25, 0.3) is 0 Å². The van der Waals surface area contributed by atoms with Crippen LogP contribution in [0.15, 0.2) is 0 Å². The van der Waals surface area contributed by atoms with Gasteiger partial charge in [-0.2, -0.15) is 0 Å². The summed E-state index contributed by atoms with van der Waals surface area (Å²) >= 11 is 0. The molecule has 0 aromatic carbocycles. The van der Waals surface area contributed by atoms with Crippen LogP contribution < -0.4 is 5.32 Å². The lowest BCUT2D eigenvalue weighted by atomic mass is 10.4. The summed E-state index contributed by atoms with van der Waals surface area (Å²) in [4.78, 5) is 51.6. The predicted octanol–water partition coefficient (Wildman–Crippen LogP) is 3.50. The van der Waals surface area contributed by atoms with E-state index in [1.54, 1.807) is 26.0 Å². The fraction of sp³-hybridized carbons (Fsp3) is 0.857. The number of amides is 3. The van der Waals surface area contributed by atoms with E-state index in [1.165, 1.54) is 30.8 Å². The molecular weight excluding hydrogens is 516 g/mol. The Hall–Kier alpha value is -2.28. The van der Waals surface area contributed by atoms with E-state index in [9.17, 15) is 19.2 Å². The van der Waals surface area contributed by atoms with E-state index in [2.05, 4.69) is 15.0 Å². The maximum absolute atomic E-state index is 11.5. The zero-order valence-corrected chi connectivity index (χ0v) is 22.1. The van der Waals surface area contributed by atoms with Gasteiger partial charge >= 0.3 is 5.97 Å².